The van der Waals surface area contributed by atoms with Gasteiger partial charge in [-0.25, -0.2) is 0 Å². The lowest BCUT2D eigenvalue weighted by molar-refractivity contribution is -0.183. The van der Waals surface area contributed by atoms with Crippen LogP contribution in [0.4, 0.5) is 5.69 Å². The molecule has 2 saturated heterocycles. The Balaban J connectivity index is 1.77. The molecular formula is C15H20N2O3. The minimum absolute atomic E-state index is 0.00475. The van der Waals surface area contributed by atoms with Crippen LogP contribution in [0.1, 0.15) is 28.8 Å². The van der Waals surface area contributed by atoms with Gasteiger partial charge in [-0.2, -0.15) is 0 Å². The summed E-state index contributed by atoms with van der Waals surface area (Å²) in [4.78, 5) is 14.4. The largest absolute Gasteiger partial charge is 0.398 e. The SMILES string of the molecule is Cc1ccc(C(=O)N2CCCC3(C2)OCCO3)cc1N. The fourth-order valence-electron chi connectivity index (χ4n) is 2.85. The second-order valence-corrected chi connectivity index (χ2v) is 5.51. The highest BCUT2D eigenvalue weighted by Gasteiger charge is 2.42. The van der Waals surface area contributed by atoms with Gasteiger partial charge in [-0.15, -0.1) is 0 Å². The lowest BCUT2D eigenvalue weighted by Gasteiger charge is -2.38. The second-order valence-electron chi connectivity index (χ2n) is 5.51. The highest BCUT2D eigenvalue weighted by molar-refractivity contribution is 5.95. The molecule has 1 amide bonds. The summed E-state index contributed by atoms with van der Waals surface area (Å²) in [7, 11) is 0. The zero-order valence-corrected chi connectivity index (χ0v) is 11.7. The number of hydrogen-bond donors (Lipinski definition) is 1. The van der Waals surface area contributed by atoms with E-state index in [9.17, 15) is 4.79 Å². The van der Waals surface area contributed by atoms with Gasteiger partial charge in [0, 0.05) is 24.2 Å². The maximum Gasteiger partial charge on any atom is 0.254 e. The van der Waals surface area contributed by atoms with Gasteiger partial charge in [-0.05, 0) is 31.0 Å². The molecule has 1 spiro atoms. The smallest absolute Gasteiger partial charge is 0.254 e. The Hall–Kier alpha value is -1.59. The number of amides is 1. The van der Waals surface area contributed by atoms with E-state index in [4.69, 9.17) is 15.2 Å². The molecule has 1 aromatic carbocycles. The lowest BCUT2D eigenvalue weighted by atomic mass is 10.0. The van der Waals surface area contributed by atoms with Crippen molar-refractivity contribution in [1.82, 2.24) is 4.90 Å². The van der Waals surface area contributed by atoms with Gasteiger partial charge in [-0.1, -0.05) is 6.07 Å². The van der Waals surface area contributed by atoms with Crippen molar-refractivity contribution in [2.24, 2.45) is 0 Å². The lowest BCUT2D eigenvalue weighted by Crippen LogP contribution is -2.51. The normalized spacial score (nSPS) is 21.4. The van der Waals surface area contributed by atoms with E-state index in [0.717, 1.165) is 24.9 Å². The van der Waals surface area contributed by atoms with Crippen LogP contribution in [0.5, 0.6) is 0 Å². The van der Waals surface area contributed by atoms with Crippen molar-refractivity contribution in [3.63, 3.8) is 0 Å². The molecule has 2 N–H and O–H groups in total. The monoisotopic (exact) mass is 276 g/mol. The highest BCUT2D eigenvalue weighted by atomic mass is 16.7. The van der Waals surface area contributed by atoms with Crippen LogP contribution >= 0.6 is 0 Å². The quantitative estimate of drug-likeness (QED) is 0.791. The summed E-state index contributed by atoms with van der Waals surface area (Å²) in [5.74, 6) is -0.584. The van der Waals surface area contributed by atoms with E-state index >= 15 is 0 Å². The first-order valence-electron chi connectivity index (χ1n) is 7.03. The van der Waals surface area contributed by atoms with E-state index in [1.165, 1.54) is 0 Å². The number of nitrogens with zero attached hydrogens (tertiary/aromatic N) is 1. The summed E-state index contributed by atoms with van der Waals surface area (Å²) in [5, 5.41) is 0. The molecule has 0 radical (unpaired) electrons. The number of hydrogen-bond acceptors (Lipinski definition) is 4. The molecule has 2 aliphatic rings. The van der Waals surface area contributed by atoms with Crippen molar-refractivity contribution in [2.75, 3.05) is 32.0 Å². The van der Waals surface area contributed by atoms with Crippen molar-refractivity contribution in [3.05, 3.63) is 29.3 Å². The van der Waals surface area contributed by atoms with Crippen LogP contribution in [0.25, 0.3) is 0 Å². The Morgan fingerprint density at radius 2 is 2.10 bits per heavy atom. The van der Waals surface area contributed by atoms with Gasteiger partial charge in [-0.3, -0.25) is 4.79 Å². The van der Waals surface area contributed by atoms with Gasteiger partial charge >= 0.3 is 0 Å². The van der Waals surface area contributed by atoms with Crippen molar-refractivity contribution in [2.45, 2.75) is 25.6 Å². The first-order chi connectivity index (χ1) is 9.60. The maximum atomic E-state index is 12.6. The Kier molecular flexibility index (Phi) is 3.40. The van der Waals surface area contributed by atoms with Crippen LogP contribution in [0.3, 0.4) is 0 Å². The predicted octanol–water partition coefficient (Wildman–Crippen LogP) is 1.56. The number of nitrogen functional groups attached to an aromatic ring is 1. The van der Waals surface area contributed by atoms with Crippen LogP contribution in [0.2, 0.25) is 0 Å². The Labute approximate surface area is 118 Å². The number of piperidine rings is 1. The number of anilines is 1. The average Bonchev–Trinajstić information content (AvgIpc) is 2.89. The summed E-state index contributed by atoms with van der Waals surface area (Å²) >= 11 is 0. The third-order valence-electron chi connectivity index (χ3n) is 4.04. The summed E-state index contributed by atoms with van der Waals surface area (Å²) in [5.41, 5.74) is 8.15. The predicted molar refractivity (Wildman–Crippen MR) is 75.4 cm³/mol. The molecule has 3 rings (SSSR count). The molecule has 0 aliphatic carbocycles. The molecular weight excluding hydrogens is 256 g/mol. The second kappa shape index (κ2) is 5.07. The van der Waals surface area contributed by atoms with Gasteiger partial charge in [0.25, 0.3) is 5.91 Å². The fourth-order valence-corrected chi connectivity index (χ4v) is 2.85. The van der Waals surface area contributed by atoms with Crippen molar-refractivity contribution >= 4 is 11.6 Å². The van der Waals surface area contributed by atoms with E-state index in [0.29, 0.717) is 31.0 Å². The van der Waals surface area contributed by atoms with Gasteiger partial charge in [0.05, 0.1) is 19.8 Å². The van der Waals surface area contributed by atoms with Crippen LogP contribution in [0, 0.1) is 6.92 Å². The molecule has 0 bridgehead atoms. The number of nitrogens with two attached hydrogens (primary N) is 1. The maximum absolute atomic E-state index is 12.6. The molecule has 2 aliphatic heterocycles. The standard InChI is InChI=1S/C15H20N2O3/c1-11-3-4-12(9-13(11)16)14(18)17-6-2-5-15(10-17)19-7-8-20-15/h3-4,9H,2,5-8,10,16H2,1H3. The van der Waals surface area contributed by atoms with Gasteiger partial charge in [0.2, 0.25) is 0 Å². The van der Waals surface area contributed by atoms with Crippen LogP contribution in [-0.2, 0) is 9.47 Å². The topological polar surface area (TPSA) is 64.8 Å². The molecule has 20 heavy (non-hydrogen) atoms. The number of benzene rings is 1. The Morgan fingerprint density at radius 3 is 2.80 bits per heavy atom. The minimum Gasteiger partial charge on any atom is -0.398 e. The number of carbonyl (C=O) groups is 1. The summed E-state index contributed by atoms with van der Waals surface area (Å²) in [6, 6.07) is 5.45. The number of ether oxygens (including phenoxy) is 2. The van der Waals surface area contributed by atoms with Gasteiger partial charge < -0.3 is 20.1 Å². The van der Waals surface area contributed by atoms with Crippen molar-refractivity contribution in [3.8, 4) is 0 Å². The zero-order valence-electron chi connectivity index (χ0n) is 11.7. The molecule has 0 atom stereocenters. The average molecular weight is 276 g/mol. The third kappa shape index (κ3) is 2.39. The molecule has 0 saturated carbocycles. The number of aryl methyl sites for hydroxylation is 1. The summed E-state index contributed by atoms with van der Waals surface area (Å²) in [6.45, 7) is 4.39. The summed E-state index contributed by atoms with van der Waals surface area (Å²) in [6.07, 6.45) is 1.75. The number of rotatable bonds is 1. The third-order valence-corrected chi connectivity index (χ3v) is 4.04. The minimum atomic E-state index is -0.579. The molecule has 2 fully saturated rings. The van der Waals surface area contributed by atoms with E-state index in [1.807, 2.05) is 19.1 Å². The van der Waals surface area contributed by atoms with Crippen LogP contribution in [-0.4, -0.2) is 42.9 Å². The fraction of sp³-hybridized carbons (Fsp3) is 0.533. The zero-order chi connectivity index (χ0) is 14.2. The number of likely N-dealkylation sites (tertiary alicyclic amines) is 1. The van der Waals surface area contributed by atoms with Crippen LogP contribution < -0.4 is 5.73 Å². The Bertz CT molecular complexity index is 524. The molecule has 5 heteroatoms. The molecule has 1 aromatic rings. The first kappa shape index (κ1) is 13.4. The molecule has 2 heterocycles. The van der Waals surface area contributed by atoms with E-state index in [1.54, 1.807) is 11.0 Å². The molecule has 0 aromatic heterocycles. The van der Waals surface area contributed by atoms with E-state index in [-0.39, 0.29) is 5.91 Å². The molecule has 108 valence electrons. The molecule has 0 unspecified atom stereocenters. The number of carbonyl (C=O) groups excluding carboxylic acids is 1. The first-order valence-corrected chi connectivity index (χ1v) is 7.03. The van der Waals surface area contributed by atoms with Crippen molar-refractivity contribution in [1.29, 1.82) is 0 Å². The Morgan fingerprint density at radius 1 is 1.35 bits per heavy atom. The van der Waals surface area contributed by atoms with Gasteiger partial charge in [0.1, 0.15) is 0 Å². The van der Waals surface area contributed by atoms with Crippen molar-refractivity contribution < 1.29 is 14.3 Å². The van der Waals surface area contributed by atoms with E-state index in [2.05, 4.69) is 0 Å². The molecule has 5 nitrogen and oxygen atoms in total. The van der Waals surface area contributed by atoms with E-state index < -0.39 is 5.79 Å². The van der Waals surface area contributed by atoms with Crippen LogP contribution in [0.15, 0.2) is 18.2 Å². The highest BCUT2D eigenvalue weighted by Crippen LogP contribution is 2.30. The van der Waals surface area contributed by atoms with Gasteiger partial charge in [0.15, 0.2) is 5.79 Å². The summed E-state index contributed by atoms with van der Waals surface area (Å²) < 4.78 is 11.4.